The summed E-state index contributed by atoms with van der Waals surface area (Å²) in [7, 11) is 1.72. The van der Waals surface area contributed by atoms with Crippen molar-refractivity contribution in [3.8, 4) is 0 Å². The van der Waals surface area contributed by atoms with Gasteiger partial charge in [0.25, 0.3) is 0 Å². The monoisotopic (exact) mass is 395 g/mol. The Balaban J connectivity index is 1.75. The predicted molar refractivity (Wildman–Crippen MR) is 98.6 cm³/mol. The molecule has 0 unspecified atom stereocenters. The van der Waals surface area contributed by atoms with Gasteiger partial charge in [-0.2, -0.15) is 5.10 Å². The van der Waals surface area contributed by atoms with Crippen LogP contribution >= 0.6 is 15.9 Å². The zero-order chi connectivity index (χ0) is 17.5. The summed E-state index contributed by atoms with van der Waals surface area (Å²) in [5, 5.41) is 10.9. The van der Waals surface area contributed by atoms with Crippen molar-refractivity contribution in [1.82, 2.24) is 20.4 Å². The molecule has 0 saturated carbocycles. The molecule has 0 aliphatic carbocycles. The third-order valence-corrected chi connectivity index (χ3v) is 4.01. The molecular weight excluding hydrogens is 373 g/mol. The molecule has 2 N–H and O–H groups in total. The van der Waals surface area contributed by atoms with E-state index >= 15 is 0 Å². The largest absolute Gasteiger partial charge is 0.356 e. The Hall–Kier alpha value is -1.89. The normalized spacial score (nSPS) is 11.6. The van der Waals surface area contributed by atoms with Crippen molar-refractivity contribution >= 4 is 21.9 Å². The van der Waals surface area contributed by atoms with Gasteiger partial charge in [0.1, 0.15) is 5.82 Å². The molecule has 0 fully saturated rings. The van der Waals surface area contributed by atoms with Gasteiger partial charge in [-0.15, -0.1) is 0 Å². The fraction of sp³-hybridized carbons (Fsp3) is 0.412. The number of hydrogen-bond acceptors (Lipinski definition) is 2. The van der Waals surface area contributed by atoms with Crippen molar-refractivity contribution in [2.45, 2.75) is 33.4 Å². The van der Waals surface area contributed by atoms with Gasteiger partial charge in [0, 0.05) is 36.8 Å². The Morgan fingerprint density at radius 2 is 2.04 bits per heavy atom. The average Bonchev–Trinajstić information content (AvgIpc) is 2.83. The molecule has 1 aromatic carbocycles. The molecule has 1 heterocycles. The number of rotatable bonds is 6. The second-order valence-electron chi connectivity index (χ2n) is 5.63. The Bertz CT molecular complexity index is 691. The Morgan fingerprint density at radius 1 is 1.25 bits per heavy atom. The van der Waals surface area contributed by atoms with Crippen LogP contribution in [0.15, 0.2) is 33.7 Å². The number of nitrogens with zero attached hydrogens (tertiary/aromatic N) is 3. The molecule has 5 nitrogen and oxygen atoms in total. The molecule has 0 bridgehead atoms. The Labute approximate surface area is 150 Å². The number of aryl methyl sites for hydroxylation is 3. The zero-order valence-corrected chi connectivity index (χ0v) is 15.8. The van der Waals surface area contributed by atoms with E-state index in [1.807, 2.05) is 17.7 Å². The molecule has 0 saturated heterocycles. The van der Waals surface area contributed by atoms with Gasteiger partial charge in [0.2, 0.25) is 0 Å². The maximum atomic E-state index is 13.4. The van der Waals surface area contributed by atoms with Crippen molar-refractivity contribution in [3.05, 3.63) is 51.5 Å². The van der Waals surface area contributed by atoms with Crippen LogP contribution in [0.25, 0.3) is 0 Å². The van der Waals surface area contributed by atoms with E-state index in [0.717, 1.165) is 35.2 Å². The number of benzene rings is 1. The summed E-state index contributed by atoms with van der Waals surface area (Å²) in [6, 6.07) is 6.90. The number of guanidine groups is 1. The highest BCUT2D eigenvalue weighted by Gasteiger charge is 2.03. The average molecular weight is 396 g/mol. The van der Waals surface area contributed by atoms with Crippen LogP contribution in [-0.2, 0) is 13.1 Å². The van der Waals surface area contributed by atoms with Gasteiger partial charge in [-0.25, -0.2) is 4.39 Å². The van der Waals surface area contributed by atoms with E-state index in [1.165, 1.54) is 17.8 Å². The number of aromatic nitrogens is 2. The maximum absolute atomic E-state index is 13.4. The van der Waals surface area contributed by atoms with Crippen molar-refractivity contribution in [3.63, 3.8) is 0 Å². The van der Waals surface area contributed by atoms with E-state index in [9.17, 15) is 4.39 Å². The minimum absolute atomic E-state index is 0.256. The molecule has 0 radical (unpaired) electrons. The molecule has 0 atom stereocenters. The van der Waals surface area contributed by atoms with Crippen LogP contribution in [0.5, 0.6) is 0 Å². The fourth-order valence-electron chi connectivity index (χ4n) is 2.46. The minimum atomic E-state index is -0.256. The minimum Gasteiger partial charge on any atom is -0.356 e. The van der Waals surface area contributed by atoms with E-state index in [2.05, 4.69) is 49.6 Å². The molecule has 0 amide bonds. The molecule has 2 aromatic rings. The molecule has 0 spiro atoms. The molecular formula is C17H23BrFN5. The predicted octanol–water partition coefficient (Wildman–Crippen LogP) is 3.16. The Morgan fingerprint density at radius 3 is 2.67 bits per heavy atom. The summed E-state index contributed by atoms with van der Waals surface area (Å²) in [6.45, 7) is 6.21. The first-order valence-electron chi connectivity index (χ1n) is 7.88. The topological polar surface area (TPSA) is 54.2 Å². The van der Waals surface area contributed by atoms with Crippen LogP contribution < -0.4 is 10.6 Å². The Kier molecular flexibility index (Phi) is 6.78. The van der Waals surface area contributed by atoms with Gasteiger partial charge in [-0.05, 0) is 50.1 Å². The first kappa shape index (κ1) is 18.4. The highest BCUT2D eigenvalue weighted by molar-refractivity contribution is 9.10. The van der Waals surface area contributed by atoms with E-state index in [-0.39, 0.29) is 5.82 Å². The second-order valence-corrected chi connectivity index (χ2v) is 6.55. The van der Waals surface area contributed by atoms with Crippen molar-refractivity contribution in [2.24, 2.45) is 4.99 Å². The molecule has 2 rings (SSSR count). The van der Waals surface area contributed by atoms with E-state index in [4.69, 9.17) is 0 Å². The lowest BCUT2D eigenvalue weighted by Crippen LogP contribution is -2.37. The summed E-state index contributed by atoms with van der Waals surface area (Å²) in [5.74, 6) is 0.442. The lowest BCUT2D eigenvalue weighted by molar-refractivity contribution is 0.555. The zero-order valence-electron chi connectivity index (χ0n) is 14.2. The molecule has 24 heavy (non-hydrogen) atoms. The van der Waals surface area contributed by atoms with Crippen LogP contribution in [0.4, 0.5) is 4.39 Å². The van der Waals surface area contributed by atoms with Gasteiger partial charge in [-0.3, -0.25) is 9.67 Å². The first-order chi connectivity index (χ1) is 11.5. The number of nitrogens with one attached hydrogen (secondary N) is 2. The van der Waals surface area contributed by atoms with Gasteiger partial charge in [0.05, 0.1) is 5.69 Å². The second kappa shape index (κ2) is 8.82. The molecule has 130 valence electrons. The molecule has 0 aliphatic rings. The number of hydrogen-bond donors (Lipinski definition) is 2. The van der Waals surface area contributed by atoms with E-state index in [1.54, 1.807) is 7.05 Å². The van der Waals surface area contributed by atoms with Crippen molar-refractivity contribution in [1.29, 1.82) is 0 Å². The smallest absolute Gasteiger partial charge is 0.191 e. The number of halogens is 2. The van der Waals surface area contributed by atoms with Gasteiger partial charge in [0.15, 0.2) is 5.96 Å². The molecule has 0 aliphatic heterocycles. The summed E-state index contributed by atoms with van der Waals surface area (Å²) in [5.41, 5.74) is 3.07. The summed E-state index contributed by atoms with van der Waals surface area (Å²) in [4.78, 5) is 4.18. The van der Waals surface area contributed by atoms with Gasteiger partial charge < -0.3 is 10.6 Å². The third-order valence-electron chi connectivity index (χ3n) is 3.55. The van der Waals surface area contributed by atoms with Crippen LogP contribution in [0.1, 0.15) is 23.4 Å². The van der Waals surface area contributed by atoms with Gasteiger partial charge >= 0.3 is 0 Å². The maximum Gasteiger partial charge on any atom is 0.191 e. The summed E-state index contributed by atoms with van der Waals surface area (Å²) in [6.07, 6.45) is 0.939. The van der Waals surface area contributed by atoms with Crippen molar-refractivity contribution in [2.75, 3.05) is 13.6 Å². The van der Waals surface area contributed by atoms with Crippen LogP contribution in [0.2, 0.25) is 0 Å². The van der Waals surface area contributed by atoms with Crippen LogP contribution in [0, 0.1) is 19.7 Å². The van der Waals surface area contributed by atoms with Gasteiger partial charge in [-0.1, -0.05) is 15.9 Å². The van der Waals surface area contributed by atoms with E-state index in [0.29, 0.717) is 12.5 Å². The highest BCUT2D eigenvalue weighted by atomic mass is 79.9. The standard InChI is InChI=1S/C17H23BrFN5/c1-12-7-13(2)24(23-12)6-4-5-21-17(20-3)22-11-14-8-15(18)10-16(19)9-14/h7-10H,4-6,11H2,1-3H3,(H2,20,21,22). The number of aliphatic imine (C=N–C) groups is 1. The van der Waals surface area contributed by atoms with Crippen LogP contribution in [-0.4, -0.2) is 29.3 Å². The summed E-state index contributed by atoms with van der Waals surface area (Å²) < 4.78 is 16.1. The lowest BCUT2D eigenvalue weighted by atomic mass is 10.2. The van der Waals surface area contributed by atoms with Crippen molar-refractivity contribution < 1.29 is 4.39 Å². The SMILES string of the molecule is CN=C(NCCCn1nc(C)cc1C)NCc1cc(F)cc(Br)c1. The molecule has 1 aromatic heterocycles. The van der Waals surface area contributed by atoms with E-state index < -0.39 is 0 Å². The third kappa shape index (κ3) is 5.63. The fourth-order valence-corrected chi connectivity index (χ4v) is 2.97. The first-order valence-corrected chi connectivity index (χ1v) is 8.68. The highest BCUT2D eigenvalue weighted by Crippen LogP contribution is 2.14. The van der Waals surface area contributed by atoms with Crippen LogP contribution in [0.3, 0.4) is 0 Å². The quantitative estimate of drug-likeness (QED) is 0.448. The summed E-state index contributed by atoms with van der Waals surface area (Å²) >= 11 is 3.30. The lowest BCUT2D eigenvalue weighted by Gasteiger charge is -2.12. The molecule has 7 heteroatoms.